The van der Waals surface area contributed by atoms with Crippen molar-refractivity contribution >= 4 is 27.7 Å². The normalized spacial score (nSPS) is 12.4. The Hall–Kier alpha value is -0.840. The van der Waals surface area contributed by atoms with Gasteiger partial charge in [-0.1, -0.05) is 45.9 Å². The van der Waals surface area contributed by atoms with Crippen LogP contribution in [0.3, 0.4) is 0 Å². The minimum absolute atomic E-state index is 0.251. The molecule has 0 heterocycles. The van der Waals surface area contributed by atoms with Gasteiger partial charge in [0.2, 0.25) is 0 Å². The third kappa shape index (κ3) is 3.13. The van der Waals surface area contributed by atoms with E-state index in [-0.39, 0.29) is 5.82 Å². The van der Waals surface area contributed by atoms with E-state index in [9.17, 15) is 9.50 Å². The van der Waals surface area contributed by atoms with Crippen LogP contribution in [0, 0.1) is 5.82 Å². The van der Waals surface area contributed by atoms with Crippen LogP contribution in [0.2, 0.25) is 0 Å². The first-order valence-electron chi connectivity index (χ1n) is 5.48. The van der Waals surface area contributed by atoms with E-state index in [0.717, 1.165) is 14.9 Å². The van der Waals surface area contributed by atoms with Gasteiger partial charge in [0.25, 0.3) is 0 Å². The summed E-state index contributed by atoms with van der Waals surface area (Å²) in [7, 11) is 0. The molecule has 0 saturated heterocycles. The molecule has 2 rings (SSSR count). The van der Waals surface area contributed by atoms with E-state index >= 15 is 0 Å². The van der Waals surface area contributed by atoms with Crippen molar-refractivity contribution in [3.05, 3.63) is 58.3 Å². The molecule has 0 amide bonds. The molecule has 0 fully saturated rings. The Morgan fingerprint density at radius 3 is 2.56 bits per heavy atom. The van der Waals surface area contributed by atoms with E-state index in [0.29, 0.717) is 4.90 Å². The number of aliphatic hydroxyl groups excluding tert-OH is 1. The Kier molecular flexibility index (Phi) is 4.43. The lowest BCUT2D eigenvalue weighted by atomic mass is 10.1. The summed E-state index contributed by atoms with van der Waals surface area (Å²) in [6, 6.07) is 12.2. The molecule has 2 aromatic carbocycles. The molecule has 1 nitrogen and oxygen atoms in total. The predicted molar refractivity (Wildman–Crippen MR) is 75.3 cm³/mol. The number of hydrogen-bond acceptors (Lipinski definition) is 2. The second kappa shape index (κ2) is 5.87. The van der Waals surface area contributed by atoms with Crippen molar-refractivity contribution in [3.8, 4) is 0 Å². The first kappa shape index (κ1) is 13.6. The van der Waals surface area contributed by atoms with Gasteiger partial charge in [-0.05, 0) is 36.8 Å². The van der Waals surface area contributed by atoms with E-state index in [1.54, 1.807) is 25.1 Å². The standard InChI is InChI=1S/C14H12BrFOS/c1-9(17)11-7-6-10(15)8-14(11)18-13-5-3-2-4-12(13)16/h2-9,17H,1H3. The van der Waals surface area contributed by atoms with Gasteiger partial charge in [0.1, 0.15) is 5.82 Å². The molecule has 94 valence electrons. The van der Waals surface area contributed by atoms with E-state index in [1.807, 2.05) is 18.2 Å². The highest BCUT2D eigenvalue weighted by molar-refractivity contribution is 9.10. The lowest BCUT2D eigenvalue weighted by Gasteiger charge is -2.12. The van der Waals surface area contributed by atoms with E-state index in [2.05, 4.69) is 15.9 Å². The van der Waals surface area contributed by atoms with Crippen LogP contribution < -0.4 is 0 Å². The zero-order valence-corrected chi connectivity index (χ0v) is 12.1. The molecule has 1 atom stereocenters. The molecule has 4 heteroatoms. The number of aliphatic hydroxyl groups is 1. The summed E-state index contributed by atoms with van der Waals surface area (Å²) in [6.45, 7) is 1.70. The van der Waals surface area contributed by atoms with Crippen LogP contribution >= 0.6 is 27.7 Å². The number of hydrogen-bond donors (Lipinski definition) is 1. The molecule has 0 radical (unpaired) electrons. The molecule has 0 saturated carbocycles. The molecule has 0 aromatic heterocycles. The summed E-state index contributed by atoms with van der Waals surface area (Å²) in [6.07, 6.45) is -0.577. The Labute approximate surface area is 118 Å². The van der Waals surface area contributed by atoms with Crippen molar-refractivity contribution < 1.29 is 9.50 Å². The van der Waals surface area contributed by atoms with Gasteiger partial charge in [0.15, 0.2) is 0 Å². The summed E-state index contributed by atoms with van der Waals surface area (Å²) in [4.78, 5) is 1.40. The van der Waals surface area contributed by atoms with Crippen molar-refractivity contribution in [2.75, 3.05) is 0 Å². The van der Waals surface area contributed by atoms with E-state index in [1.165, 1.54) is 17.8 Å². The Morgan fingerprint density at radius 2 is 1.89 bits per heavy atom. The number of halogens is 2. The van der Waals surface area contributed by atoms with Crippen molar-refractivity contribution in [1.29, 1.82) is 0 Å². The monoisotopic (exact) mass is 326 g/mol. The van der Waals surface area contributed by atoms with Crippen molar-refractivity contribution in [3.63, 3.8) is 0 Å². The smallest absolute Gasteiger partial charge is 0.137 e. The van der Waals surface area contributed by atoms with Crippen molar-refractivity contribution in [2.45, 2.75) is 22.8 Å². The maximum atomic E-state index is 13.6. The molecule has 18 heavy (non-hydrogen) atoms. The fourth-order valence-corrected chi connectivity index (χ4v) is 3.19. The van der Waals surface area contributed by atoms with Gasteiger partial charge in [0, 0.05) is 14.3 Å². The summed E-state index contributed by atoms with van der Waals surface area (Å²) >= 11 is 4.71. The van der Waals surface area contributed by atoms with Crippen LogP contribution in [0.15, 0.2) is 56.7 Å². The van der Waals surface area contributed by atoms with Gasteiger partial charge in [-0.3, -0.25) is 0 Å². The van der Waals surface area contributed by atoms with Crippen LogP contribution in [0.25, 0.3) is 0 Å². The molecule has 1 unspecified atom stereocenters. The van der Waals surface area contributed by atoms with Crippen LogP contribution in [-0.4, -0.2) is 5.11 Å². The average molecular weight is 327 g/mol. The topological polar surface area (TPSA) is 20.2 Å². The lowest BCUT2D eigenvalue weighted by Crippen LogP contribution is -1.94. The molecule has 0 bridgehead atoms. The summed E-state index contributed by atoms with van der Waals surface area (Å²) in [5, 5.41) is 9.72. The summed E-state index contributed by atoms with van der Waals surface area (Å²) in [5.41, 5.74) is 0.798. The highest BCUT2D eigenvalue weighted by atomic mass is 79.9. The third-order valence-corrected chi connectivity index (χ3v) is 4.10. The van der Waals surface area contributed by atoms with Gasteiger partial charge in [-0.2, -0.15) is 0 Å². The fraction of sp³-hybridized carbons (Fsp3) is 0.143. The third-order valence-electron chi connectivity index (χ3n) is 2.48. The van der Waals surface area contributed by atoms with Gasteiger partial charge in [-0.25, -0.2) is 4.39 Å². The minimum Gasteiger partial charge on any atom is -0.389 e. The van der Waals surface area contributed by atoms with Crippen LogP contribution in [-0.2, 0) is 0 Å². The Balaban J connectivity index is 2.39. The predicted octanol–water partition coefficient (Wildman–Crippen LogP) is 4.79. The average Bonchev–Trinajstić information content (AvgIpc) is 2.32. The molecule has 0 aliphatic rings. The summed E-state index contributed by atoms with van der Waals surface area (Å²) < 4.78 is 14.5. The Bertz CT molecular complexity index is 557. The van der Waals surface area contributed by atoms with Crippen LogP contribution in [0.5, 0.6) is 0 Å². The second-order valence-corrected chi connectivity index (χ2v) is 5.89. The minimum atomic E-state index is -0.577. The number of rotatable bonds is 3. The zero-order valence-electron chi connectivity index (χ0n) is 9.73. The Morgan fingerprint density at radius 1 is 1.17 bits per heavy atom. The number of benzene rings is 2. The lowest BCUT2D eigenvalue weighted by molar-refractivity contribution is 0.196. The van der Waals surface area contributed by atoms with Gasteiger partial charge in [-0.15, -0.1) is 0 Å². The van der Waals surface area contributed by atoms with E-state index in [4.69, 9.17) is 0 Å². The second-order valence-electron chi connectivity index (χ2n) is 3.89. The summed E-state index contributed by atoms with van der Waals surface area (Å²) in [5.74, 6) is -0.251. The maximum Gasteiger partial charge on any atom is 0.137 e. The first-order chi connectivity index (χ1) is 8.58. The highest BCUT2D eigenvalue weighted by Gasteiger charge is 2.11. The molecule has 0 spiro atoms. The molecule has 2 aromatic rings. The zero-order chi connectivity index (χ0) is 13.1. The van der Waals surface area contributed by atoms with Gasteiger partial charge >= 0.3 is 0 Å². The molecular formula is C14H12BrFOS. The van der Waals surface area contributed by atoms with Gasteiger partial charge < -0.3 is 5.11 Å². The highest BCUT2D eigenvalue weighted by Crippen LogP contribution is 2.36. The first-order valence-corrected chi connectivity index (χ1v) is 7.09. The van der Waals surface area contributed by atoms with Gasteiger partial charge in [0.05, 0.1) is 6.10 Å². The van der Waals surface area contributed by atoms with Crippen molar-refractivity contribution in [2.24, 2.45) is 0 Å². The molecular weight excluding hydrogens is 315 g/mol. The molecule has 0 aliphatic carbocycles. The fourth-order valence-electron chi connectivity index (χ4n) is 1.59. The molecule has 1 N–H and O–H groups in total. The SMILES string of the molecule is CC(O)c1ccc(Br)cc1Sc1ccccc1F. The van der Waals surface area contributed by atoms with Crippen molar-refractivity contribution in [1.82, 2.24) is 0 Å². The quantitative estimate of drug-likeness (QED) is 0.874. The molecule has 0 aliphatic heterocycles. The van der Waals surface area contributed by atoms with Crippen LogP contribution in [0.4, 0.5) is 4.39 Å². The largest absolute Gasteiger partial charge is 0.389 e. The van der Waals surface area contributed by atoms with Crippen LogP contribution in [0.1, 0.15) is 18.6 Å². The van der Waals surface area contributed by atoms with E-state index < -0.39 is 6.10 Å². The maximum absolute atomic E-state index is 13.6.